The van der Waals surface area contributed by atoms with E-state index in [1.54, 1.807) is 0 Å². The Bertz CT molecular complexity index is 404. The summed E-state index contributed by atoms with van der Waals surface area (Å²) in [6.45, 7) is 6.98. The number of aryl methyl sites for hydroxylation is 1. The van der Waals surface area contributed by atoms with E-state index in [4.69, 9.17) is 4.74 Å². The van der Waals surface area contributed by atoms with Gasteiger partial charge in [-0.15, -0.1) is 0 Å². The molecule has 108 valence electrons. The molecule has 0 aliphatic rings. The van der Waals surface area contributed by atoms with Crippen LogP contribution in [0.15, 0.2) is 6.07 Å². The summed E-state index contributed by atoms with van der Waals surface area (Å²) in [5.74, 6) is 2.26. The molecule has 0 aromatic carbocycles. The van der Waals surface area contributed by atoms with Crippen LogP contribution in [0, 0.1) is 0 Å². The molecule has 1 rings (SSSR count). The predicted molar refractivity (Wildman–Crippen MR) is 78.8 cm³/mol. The fourth-order valence-corrected chi connectivity index (χ4v) is 1.39. The van der Waals surface area contributed by atoms with Crippen LogP contribution in [0.25, 0.3) is 0 Å². The first-order valence-corrected chi connectivity index (χ1v) is 6.75. The van der Waals surface area contributed by atoms with Crippen molar-refractivity contribution in [3.63, 3.8) is 0 Å². The zero-order valence-electron chi connectivity index (χ0n) is 12.9. The summed E-state index contributed by atoms with van der Waals surface area (Å²) in [6.07, 6.45) is 1.89. The molecule has 0 radical (unpaired) electrons. The Morgan fingerprint density at radius 1 is 1.32 bits per heavy atom. The van der Waals surface area contributed by atoms with E-state index in [-0.39, 0.29) is 5.54 Å². The summed E-state index contributed by atoms with van der Waals surface area (Å²) in [6, 6.07) is 1.84. The van der Waals surface area contributed by atoms with Crippen molar-refractivity contribution in [2.75, 3.05) is 33.1 Å². The van der Waals surface area contributed by atoms with Gasteiger partial charge in [-0.3, -0.25) is 0 Å². The van der Waals surface area contributed by atoms with Crippen LogP contribution in [0.4, 0.5) is 5.82 Å². The summed E-state index contributed by atoms with van der Waals surface area (Å²) in [5.41, 5.74) is -0.0321. The maximum absolute atomic E-state index is 5.83. The molecule has 0 spiro atoms. The van der Waals surface area contributed by atoms with Crippen LogP contribution in [-0.4, -0.2) is 48.2 Å². The second kappa shape index (κ2) is 6.70. The van der Waals surface area contributed by atoms with Gasteiger partial charge in [0.1, 0.15) is 18.2 Å². The highest BCUT2D eigenvalue weighted by molar-refractivity contribution is 5.37. The average Bonchev–Trinajstić information content (AvgIpc) is 2.36. The molecule has 5 heteroatoms. The van der Waals surface area contributed by atoms with Crippen molar-refractivity contribution < 1.29 is 4.74 Å². The Morgan fingerprint density at radius 3 is 2.53 bits per heavy atom. The number of hydrogen-bond donors (Lipinski definition) is 1. The fourth-order valence-electron chi connectivity index (χ4n) is 1.39. The summed E-state index contributed by atoms with van der Waals surface area (Å²) >= 11 is 0. The van der Waals surface area contributed by atoms with Crippen molar-refractivity contribution in [3.8, 4) is 5.88 Å². The van der Waals surface area contributed by atoms with Gasteiger partial charge >= 0.3 is 0 Å². The standard InChI is InChI=1S/C14H26N4O/c1-7-8-11-16-12(15-4)9-13(17-11)19-10-14(2,3)18(5)6/h9H,7-8,10H2,1-6H3,(H,15,16,17). The second-order valence-electron chi connectivity index (χ2n) is 5.50. The quantitative estimate of drug-likeness (QED) is 0.820. The number of aromatic nitrogens is 2. The van der Waals surface area contributed by atoms with Gasteiger partial charge < -0.3 is 15.0 Å². The van der Waals surface area contributed by atoms with E-state index in [9.17, 15) is 0 Å². The minimum absolute atomic E-state index is 0.0321. The Balaban J connectivity index is 2.80. The number of nitrogens with zero attached hydrogens (tertiary/aromatic N) is 3. The lowest BCUT2D eigenvalue weighted by atomic mass is 10.1. The maximum Gasteiger partial charge on any atom is 0.218 e. The molecular weight excluding hydrogens is 240 g/mol. The van der Waals surface area contributed by atoms with Gasteiger partial charge in [0.15, 0.2) is 0 Å². The summed E-state index contributed by atoms with van der Waals surface area (Å²) in [7, 11) is 5.95. The van der Waals surface area contributed by atoms with E-state index in [0.29, 0.717) is 12.5 Å². The fraction of sp³-hybridized carbons (Fsp3) is 0.714. The zero-order valence-corrected chi connectivity index (χ0v) is 12.9. The normalized spacial score (nSPS) is 11.7. The lowest BCUT2D eigenvalue weighted by Crippen LogP contribution is -2.43. The maximum atomic E-state index is 5.83. The largest absolute Gasteiger partial charge is 0.476 e. The van der Waals surface area contributed by atoms with Crippen molar-refractivity contribution in [2.24, 2.45) is 0 Å². The molecule has 0 aliphatic heterocycles. The van der Waals surface area contributed by atoms with Gasteiger partial charge in [0.25, 0.3) is 0 Å². The van der Waals surface area contributed by atoms with Crippen LogP contribution in [0.3, 0.4) is 0 Å². The molecule has 1 N–H and O–H groups in total. The zero-order chi connectivity index (χ0) is 14.5. The molecule has 0 saturated carbocycles. The van der Waals surface area contributed by atoms with E-state index in [1.165, 1.54) is 0 Å². The van der Waals surface area contributed by atoms with Gasteiger partial charge in [0.05, 0.1) is 0 Å². The molecule has 5 nitrogen and oxygen atoms in total. The Kier molecular flexibility index (Phi) is 5.54. The molecule has 1 heterocycles. The van der Waals surface area contributed by atoms with Crippen LogP contribution < -0.4 is 10.1 Å². The smallest absolute Gasteiger partial charge is 0.218 e. The first-order valence-electron chi connectivity index (χ1n) is 6.75. The lowest BCUT2D eigenvalue weighted by Gasteiger charge is -2.31. The Labute approximate surface area is 116 Å². The van der Waals surface area contributed by atoms with Crippen molar-refractivity contribution in [2.45, 2.75) is 39.2 Å². The number of ether oxygens (including phenoxy) is 1. The van der Waals surface area contributed by atoms with Crippen molar-refractivity contribution in [3.05, 3.63) is 11.9 Å². The highest BCUT2D eigenvalue weighted by atomic mass is 16.5. The van der Waals surface area contributed by atoms with Crippen LogP contribution in [-0.2, 0) is 6.42 Å². The third kappa shape index (κ3) is 4.67. The van der Waals surface area contributed by atoms with Crippen molar-refractivity contribution in [1.29, 1.82) is 0 Å². The minimum atomic E-state index is -0.0321. The third-order valence-corrected chi connectivity index (χ3v) is 3.26. The summed E-state index contributed by atoms with van der Waals surface area (Å²) in [4.78, 5) is 11.0. The summed E-state index contributed by atoms with van der Waals surface area (Å²) < 4.78 is 5.83. The SMILES string of the molecule is CCCc1nc(NC)cc(OCC(C)(C)N(C)C)n1. The van der Waals surface area contributed by atoms with Crippen LogP contribution in [0.2, 0.25) is 0 Å². The van der Waals surface area contributed by atoms with E-state index in [1.807, 2.05) is 27.2 Å². The molecule has 0 unspecified atom stereocenters. The number of nitrogens with one attached hydrogen (secondary N) is 1. The molecule has 0 saturated heterocycles. The average molecular weight is 266 g/mol. The van der Waals surface area contributed by atoms with E-state index >= 15 is 0 Å². The van der Waals surface area contributed by atoms with Crippen LogP contribution in [0.1, 0.15) is 33.0 Å². The number of hydrogen-bond acceptors (Lipinski definition) is 5. The highest BCUT2D eigenvalue weighted by Gasteiger charge is 2.21. The molecule has 0 atom stereocenters. The number of likely N-dealkylation sites (N-methyl/N-ethyl adjacent to an activating group) is 1. The molecule has 1 aromatic rings. The molecule has 0 aliphatic carbocycles. The van der Waals surface area contributed by atoms with Gasteiger partial charge in [0.2, 0.25) is 5.88 Å². The summed E-state index contributed by atoms with van der Waals surface area (Å²) in [5, 5.41) is 3.04. The van der Waals surface area contributed by atoms with E-state index in [2.05, 4.69) is 41.0 Å². The molecular formula is C14H26N4O. The van der Waals surface area contributed by atoms with Crippen molar-refractivity contribution >= 4 is 5.82 Å². The Hall–Kier alpha value is -1.36. The second-order valence-corrected chi connectivity index (χ2v) is 5.50. The van der Waals surface area contributed by atoms with Gasteiger partial charge in [-0.25, -0.2) is 4.98 Å². The van der Waals surface area contributed by atoms with Gasteiger partial charge in [-0.1, -0.05) is 6.92 Å². The van der Waals surface area contributed by atoms with Gasteiger partial charge in [-0.2, -0.15) is 4.98 Å². The minimum Gasteiger partial charge on any atom is -0.476 e. The van der Waals surface area contributed by atoms with Gasteiger partial charge in [0, 0.05) is 25.1 Å². The molecule has 0 fully saturated rings. The highest BCUT2D eigenvalue weighted by Crippen LogP contribution is 2.17. The molecule has 0 bridgehead atoms. The van der Waals surface area contributed by atoms with E-state index in [0.717, 1.165) is 24.5 Å². The van der Waals surface area contributed by atoms with Crippen LogP contribution in [0.5, 0.6) is 5.88 Å². The molecule has 19 heavy (non-hydrogen) atoms. The molecule has 0 amide bonds. The first kappa shape index (κ1) is 15.7. The first-order chi connectivity index (χ1) is 8.89. The monoisotopic (exact) mass is 266 g/mol. The third-order valence-electron chi connectivity index (χ3n) is 3.26. The lowest BCUT2D eigenvalue weighted by molar-refractivity contribution is 0.111. The molecule has 1 aromatic heterocycles. The topological polar surface area (TPSA) is 50.3 Å². The van der Waals surface area contributed by atoms with Gasteiger partial charge in [-0.05, 0) is 34.4 Å². The van der Waals surface area contributed by atoms with Crippen molar-refractivity contribution in [1.82, 2.24) is 14.9 Å². The predicted octanol–water partition coefficient (Wildman–Crippen LogP) is 2.19. The Morgan fingerprint density at radius 2 is 2.00 bits per heavy atom. The number of rotatable bonds is 7. The van der Waals surface area contributed by atoms with E-state index < -0.39 is 0 Å². The number of anilines is 1. The van der Waals surface area contributed by atoms with Crippen LogP contribution >= 0.6 is 0 Å².